The number of para-hydroxylation sites is 1. The second kappa shape index (κ2) is 4.84. The van der Waals surface area contributed by atoms with Crippen LogP contribution in [0.5, 0.6) is 0 Å². The number of hydrogen-bond donors (Lipinski definition) is 2. The third-order valence-corrected chi connectivity index (χ3v) is 3.41. The molecular weight excluding hydrogens is 226 g/mol. The number of carboxylic acid groups (broad SMARTS) is 1. The Bertz CT molecular complexity index is 569. The lowest BCUT2D eigenvalue weighted by Crippen LogP contribution is -2.02. The molecule has 1 unspecified atom stereocenters. The van der Waals surface area contributed by atoms with E-state index < -0.39 is 5.97 Å². The minimum atomic E-state index is -0.753. The van der Waals surface area contributed by atoms with Crippen LogP contribution in [-0.4, -0.2) is 16.1 Å². The van der Waals surface area contributed by atoms with Crippen LogP contribution in [0.2, 0.25) is 0 Å². The van der Waals surface area contributed by atoms with Crippen LogP contribution in [0.15, 0.2) is 24.4 Å². The highest BCUT2D eigenvalue weighted by Gasteiger charge is 2.16. The van der Waals surface area contributed by atoms with E-state index in [1.807, 2.05) is 19.2 Å². The maximum absolute atomic E-state index is 10.8. The molecule has 1 heterocycles. The fraction of sp³-hybridized carbons (Fsp3) is 0.400. The van der Waals surface area contributed by atoms with Gasteiger partial charge in [-0.05, 0) is 23.0 Å². The topological polar surface area (TPSA) is 53.1 Å². The van der Waals surface area contributed by atoms with E-state index in [4.69, 9.17) is 5.11 Å². The molecule has 2 rings (SSSR count). The largest absolute Gasteiger partial charge is 0.481 e. The van der Waals surface area contributed by atoms with Gasteiger partial charge in [0.15, 0.2) is 0 Å². The van der Waals surface area contributed by atoms with E-state index in [0.29, 0.717) is 5.92 Å². The average Bonchev–Trinajstić information content (AvgIpc) is 2.70. The molecule has 0 saturated heterocycles. The molecule has 2 N–H and O–H groups in total. The summed E-state index contributed by atoms with van der Waals surface area (Å²) < 4.78 is 0. The summed E-state index contributed by atoms with van der Waals surface area (Å²) in [6.45, 7) is 6.28. The zero-order valence-electron chi connectivity index (χ0n) is 11.0. The predicted octanol–water partition coefficient (Wildman–Crippen LogP) is 3.87. The molecule has 3 nitrogen and oxygen atoms in total. The Kier molecular flexibility index (Phi) is 3.41. The lowest BCUT2D eigenvalue weighted by molar-refractivity contribution is -0.137. The van der Waals surface area contributed by atoms with Crippen molar-refractivity contribution >= 4 is 16.9 Å². The van der Waals surface area contributed by atoms with Gasteiger partial charge in [0.2, 0.25) is 0 Å². The number of aliphatic carboxylic acids is 1. The van der Waals surface area contributed by atoms with Crippen molar-refractivity contribution in [2.45, 2.75) is 39.0 Å². The number of H-pyrrole nitrogens is 1. The summed E-state index contributed by atoms with van der Waals surface area (Å²) in [6, 6.07) is 6.23. The molecule has 96 valence electrons. The number of nitrogens with one attached hydrogen (secondary N) is 1. The van der Waals surface area contributed by atoms with Gasteiger partial charge in [0.05, 0.1) is 6.42 Å². The summed E-state index contributed by atoms with van der Waals surface area (Å²) in [6.07, 6.45) is 2.11. The molecule has 0 bridgehead atoms. The standard InChI is InChI=1S/C15H19NO2/c1-9(2)11-5-4-6-12-13(8-16-15(11)12)10(3)7-14(17)18/h4-6,8-10,16H,7H2,1-3H3,(H,17,18). The van der Waals surface area contributed by atoms with Crippen molar-refractivity contribution in [3.05, 3.63) is 35.5 Å². The summed E-state index contributed by atoms with van der Waals surface area (Å²) in [5.74, 6) is -0.273. The Balaban J connectivity index is 2.48. The number of benzene rings is 1. The number of hydrogen-bond acceptors (Lipinski definition) is 1. The number of rotatable bonds is 4. The number of carbonyl (C=O) groups is 1. The first-order chi connectivity index (χ1) is 8.50. The van der Waals surface area contributed by atoms with Gasteiger partial charge in [-0.1, -0.05) is 39.0 Å². The van der Waals surface area contributed by atoms with Gasteiger partial charge in [-0.2, -0.15) is 0 Å². The monoisotopic (exact) mass is 245 g/mol. The summed E-state index contributed by atoms with van der Waals surface area (Å²) >= 11 is 0. The summed E-state index contributed by atoms with van der Waals surface area (Å²) in [7, 11) is 0. The van der Waals surface area contributed by atoms with Crippen molar-refractivity contribution in [3.63, 3.8) is 0 Å². The quantitative estimate of drug-likeness (QED) is 0.859. The molecular formula is C15H19NO2. The van der Waals surface area contributed by atoms with Crippen LogP contribution in [0.1, 0.15) is 50.2 Å². The lowest BCUT2D eigenvalue weighted by Gasteiger charge is -2.09. The fourth-order valence-electron chi connectivity index (χ4n) is 2.46. The van der Waals surface area contributed by atoms with Crippen LogP contribution >= 0.6 is 0 Å². The maximum atomic E-state index is 10.8. The second-order valence-electron chi connectivity index (χ2n) is 5.17. The van der Waals surface area contributed by atoms with Gasteiger partial charge in [0, 0.05) is 17.1 Å². The molecule has 1 aromatic heterocycles. The Hall–Kier alpha value is -1.77. The highest BCUT2D eigenvalue weighted by molar-refractivity contribution is 5.87. The first-order valence-electron chi connectivity index (χ1n) is 6.32. The molecule has 3 heteroatoms. The molecule has 18 heavy (non-hydrogen) atoms. The van der Waals surface area contributed by atoms with Crippen LogP contribution in [0, 0.1) is 0 Å². The molecule has 2 aromatic rings. The SMILES string of the molecule is CC(C)c1cccc2c(C(C)CC(=O)O)c[nH]c12. The van der Waals surface area contributed by atoms with Gasteiger partial charge in [0.25, 0.3) is 0 Å². The molecule has 0 aliphatic rings. The van der Waals surface area contributed by atoms with Gasteiger partial charge in [-0.15, -0.1) is 0 Å². The zero-order chi connectivity index (χ0) is 13.3. The van der Waals surface area contributed by atoms with Crippen LogP contribution in [-0.2, 0) is 4.79 Å². The number of aromatic nitrogens is 1. The maximum Gasteiger partial charge on any atom is 0.303 e. The van der Waals surface area contributed by atoms with E-state index in [-0.39, 0.29) is 12.3 Å². The van der Waals surface area contributed by atoms with Crippen molar-refractivity contribution in [1.82, 2.24) is 4.98 Å². The van der Waals surface area contributed by atoms with Crippen molar-refractivity contribution in [2.24, 2.45) is 0 Å². The molecule has 0 radical (unpaired) electrons. The van der Waals surface area contributed by atoms with E-state index in [2.05, 4.69) is 31.0 Å². The number of fused-ring (bicyclic) bond motifs is 1. The van der Waals surface area contributed by atoms with Crippen LogP contribution < -0.4 is 0 Å². The molecule has 0 aliphatic heterocycles. The molecule has 1 aromatic carbocycles. The first-order valence-corrected chi connectivity index (χ1v) is 6.32. The molecule has 1 atom stereocenters. The molecule has 0 saturated carbocycles. The highest BCUT2D eigenvalue weighted by Crippen LogP contribution is 2.31. The van der Waals surface area contributed by atoms with Gasteiger partial charge in [-0.3, -0.25) is 4.79 Å². The number of aromatic amines is 1. The van der Waals surface area contributed by atoms with Crippen molar-refractivity contribution in [1.29, 1.82) is 0 Å². The molecule has 0 aliphatic carbocycles. The Morgan fingerprint density at radius 2 is 2.00 bits per heavy atom. The van der Waals surface area contributed by atoms with Crippen LogP contribution in [0.25, 0.3) is 10.9 Å². The average molecular weight is 245 g/mol. The summed E-state index contributed by atoms with van der Waals surface area (Å²) in [5.41, 5.74) is 3.51. The van der Waals surface area contributed by atoms with E-state index in [9.17, 15) is 4.79 Å². The van der Waals surface area contributed by atoms with Crippen molar-refractivity contribution < 1.29 is 9.90 Å². The third kappa shape index (κ3) is 2.26. The Labute approximate surface area is 107 Å². The summed E-state index contributed by atoms with van der Waals surface area (Å²) in [5, 5.41) is 10.0. The fourth-order valence-corrected chi connectivity index (χ4v) is 2.46. The number of carboxylic acids is 1. The van der Waals surface area contributed by atoms with Gasteiger partial charge < -0.3 is 10.1 Å². The van der Waals surface area contributed by atoms with E-state index >= 15 is 0 Å². The van der Waals surface area contributed by atoms with Crippen molar-refractivity contribution in [2.75, 3.05) is 0 Å². The van der Waals surface area contributed by atoms with Gasteiger partial charge in [-0.25, -0.2) is 0 Å². The van der Waals surface area contributed by atoms with Crippen LogP contribution in [0.3, 0.4) is 0 Å². The van der Waals surface area contributed by atoms with Crippen LogP contribution in [0.4, 0.5) is 0 Å². The Morgan fingerprint density at radius 1 is 1.28 bits per heavy atom. The van der Waals surface area contributed by atoms with Gasteiger partial charge in [0.1, 0.15) is 0 Å². The normalized spacial score (nSPS) is 13.1. The molecule has 0 fully saturated rings. The van der Waals surface area contributed by atoms with Crippen molar-refractivity contribution in [3.8, 4) is 0 Å². The smallest absolute Gasteiger partial charge is 0.303 e. The zero-order valence-corrected chi connectivity index (χ0v) is 11.0. The highest BCUT2D eigenvalue weighted by atomic mass is 16.4. The summed E-state index contributed by atoms with van der Waals surface area (Å²) in [4.78, 5) is 14.1. The van der Waals surface area contributed by atoms with E-state index in [1.54, 1.807) is 0 Å². The first kappa shape index (κ1) is 12.7. The Morgan fingerprint density at radius 3 is 2.61 bits per heavy atom. The molecule has 0 amide bonds. The van der Waals surface area contributed by atoms with E-state index in [1.165, 1.54) is 5.56 Å². The second-order valence-corrected chi connectivity index (χ2v) is 5.17. The minimum absolute atomic E-state index is 0.0265. The van der Waals surface area contributed by atoms with Gasteiger partial charge >= 0.3 is 5.97 Å². The van der Waals surface area contributed by atoms with E-state index in [0.717, 1.165) is 16.5 Å². The lowest BCUT2D eigenvalue weighted by atomic mass is 9.94. The predicted molar refractivity (Wildman–Crippen MR) is 73.1 cm³/mol. The third-order valence-electron chi connectivity index (χ3n) is 3.41. The minimum Gasteiger partial charge on any atom is -0.481 e. The molecule has 0 spiro atoms.